The first-order valence-corrected chi connectivity index (χ1v) is 8.19. The highest BCUT2D eigenvalue weighted by molar-refractivity contribution is 5.58. The molecule has 0 atom stereocenters. The standard InChI is InChI=1S/C18H19N5O2/c1-13-17(7-16(8-19-13)25-11-14-9-24-10-14)21-18-20-12-23(22-18)15-5-3-2-4-6-15/h2-8,12,14H,9-11H2,1H3,(H,21,22). The summed E-state index contributed by atoms with van der Waals surface area (Å²) in [5, 5.41) is 7.66. The van der Waals surface area contributed by atoms with E-state index in [1.54, 1.807) is 17.2 Å². The molecule has 4 rings (SSSR count). The Balaban J connectivity index is 1.47. The second-order valence-electron chi connectivity index (χ2n) is 5.99. The molecule has 0 radical (unpaired) electrons. The van der Waals surface area contributed by atoms with Crippen LogP contribution in [0.4, 0.5) is 11.6 Å². The molecule has 128 valence electrons. The van der Waals surface area contributed by atoms with Gasteiger partial charge in [-0.25, -0.2) is 4.68 Å². The van der Waals surface area contributed by atoms with Crippen molar-refractivity contribution >= 4 is 11.6 Å². The van der Waals surface area contributed by atoms with Crippen molar-refractivity contribution < 1.29 is 9.47 Å². The zero-order valence-electron chi connectivity index (χ0n) is 13.9. The van der Waals surface area contributed by atoms with Crippen molar-refractivity contribution in [3.8, 4) is 11.4 Å². The average Bonchev–Trinajstić information content (AvgIpc) is 3.06. The quantitative estimate of drug-likeness (QED) is 0.745. The Morgan fingerprint density at radius 1 is 1.24 bits per heavy atom. The first-order valence-electron chi connectivity index (χ1n) is 8.19. The van der Waals surface area contributed by atoms with E-state index in [9.17, 15) is 0 Å². The highest BCUT2D eigenvalue weighted by Gasteiger charge is 2.19. The number of benzene rings is 1. The summed E-state index contributed by atoms with van der Waals surface area (Å²) in [6, 6.07) is 11.8. The molecular weight excluding hydrogens is 318 g/mol. The maximum atomic E-state index is 5.79. The molecule has 1 aromatic carbocycles. The summed E-state index contributed by atoms with van der Waals surface area (Å²) in [6.45, 7) is 4.11. The van der Waals surface area contributed by atoms with Crippen molar-refractivity contribution in [2.45, 2.75) is 6.92 Å². The molecule has 1 aliphatic rings. The van der Waals surface area contributed by atoms with Crippen molar-refractivity contribution in [1.82, 2.24) is 19.7 Å². The number of hydrogen-bond donors (Lipinski definition) is 1. The predicted molar refractivity (Wildman–Crippen MR) is 93.4 cm³/mol. The van der Waals surface area contributed by atoms with Crippen molar-refractivity contribution in [2.24, 2.45) is 5.92 Å². The highest BCUT2D eigenvalue weighted by atomic mass is 16.5. The number of aryl methyl sites for hydroxylation is 1. The molecule has 0 amide bonds. The van der Waals surface area contributed by atoms with Crippen LogP contribution in [0, 0.1) is 12.8 Å². The van der Waals surface area contributed by atoms with Crippen molar-refractivity contribution in [1.29, 1.82) is 0 Å². The van der Waals surface area contributed by atoms with Crippen LogP contribution in [-0.4, -0.2) is 39.6 Å². The van der Waals surface area contributed by atoms with Crippen LogP contribution in [0.2, 0.25) is 0 Å². The van der Waals surface area contributed by atoms with E-state index in [1.165, 1.54) is 0 Å². The topological polar surface area (TPSA) is 74.1 Å². The summed E-state index contributed by atoms with van der Waals surface area (Å²) in [4.78, 5) is 8.69. The van der Waals surface area contributed by atoms with E-state index >= 15 is 0 Å². The minimum atomic E-state index is 0.473. The fraction of sp³-hybridized carbons (Fsp3) is 0.278. The SMILES string of the molecule is Cc1ncc(OCC2COC2)cc1Nc1ncn(-c2ccccc2)n1. The second kappa shape index (κ2) is 6.90. The maximum absolute atomic E-state index is 5.79. The number of ether oxygens (including phenoxy) is 2. The van der Waals surface area contributed by atoms with E-state index in [0.717, 1.165) is 36.0 Å². The van der Waals surface area contributed by atoms with Crippen LogP contribution in [0.3, 0.4) is 0 Å². The zero-order valence-corrected chi connectivity index (χ0v) is 13.9. The fourth-order valence-corrected chi connectivity index (χ4v) is 2.46. The van der Waals surface area contributed by atoms with Gasteiger partial charge in [0.25, 0.3) is 0 Å². The van der Waals surface area contributed by atoms with Crippen LogP contribution in [0.25, 0.3) is 5.69 Å². The van der Waals surface area contributed by atoms with E-state index in [2.05, 4.69) is 20.4 Å². The number of hydrogen-bond acceptors (Lipinski definition) is 6. The molecule has 3 heterocycles. The molecule has 2 aromatic heterocycles. The molecule has 1 saturated heterocycles. The van der Waals surface area contributed by atoms with Gasteiger partial charge in [0.1, 0.15) is 12.1 Å². The highest BCUT2D eigenvalue weighted by Crippen LogP contribution is 2.23. The fourth-order valence-electron chi connectivity index (χ4n) is 2.46. The van der Waals surface area contributed by atoms with Gasteiger partial charge in [0.15, 0.2) is 0 Å². The summed E-state index contributed by atoms with van der Waals surface area (Å²) < 4.78 is 12.7. The molecule has 7 heteroatoms. The average molecular weight is 337 g/mol. The van der Waals surface area contributed by atoms with Gasteiger partial charge in [-0.05, 0) is 19.1 Å². The largest absolute Gasteiger partial charge is 0.491 e. The lowest BCUT2D eigenvalue weighted by Crippen LogP contribution is -2.32. The van der Waals surface area contributed by atoms with E-state index in [4.69, 9.17) is 9.47 Å². The number of anilines is 2. The van der Waals surface area contributed by atoms with E-state index in [1.807, 2.05) is 43.3 Å². The van der Waals surface area contributed by atoms with Gasteiger partial charge in [0.2, 0.25) is 5.95 Å². The lowest BCUT2D eigenvalue weighted by Gasteiger charge is -2.25. The minimum Gasteiger partial charge on any atom is -0.491 e. The molecule has 0 saturated carbocycles. The normalized spacial score (nSPS) is 14.1. The molecule has 0 bridgehead atoms. The second-order valence-corrected chi connectivity index (χ2v) is 5.99. The Morgan fingerprint density at radius 3 is 2.84 bits per heavy atom. The van der Waals surface area contributed by atoms with Crippen LogP contribution >= 0.6 is 0 Å². The van der Waals surface area contributed by atoms with Gasteiger partial charge in [0.05, 0.1) is 43.1 Å². The lowest BCUT2D eigenvalue weighted by atomic mass is 10.1. The van der Waals surface area contributed by atoms with Gasteiger partial charge < -0.3 is 14.8 Å². The third-order valence-electron chi connectivity index (χ3n) is 4.01. The Labute approximate surface area is 145 Å². The molecule has 7 nitrogen and oxygen atoms in total. The first kappa shape index (κ1) is 15.6. The molecule has 1 fully saturated rings. The Morgan fingerprint density at radius 2 is 2.08 bits per heavy atom. The Hall–Kier alpha value is -2.93. The summed E-state index contributed by atoms with van der Waals surface area (Å²) in [5.41, 5.74) is 2.64. The van der Waals surface area contributed by atoms with Gasteiger partial charge in [-0.15, -0.1) is 5.10 Å². The van der Waals surface area contributed by atoms with Crippen LogP contribution in [0.1, 0.15) is 5.69 Å². The third kappa shape index (κ3) is 3.61. The van der Waals surface area contributed by atoms with Crippen LogP contribution < -0.4 is 10.1 Å². The van der Waals surface area contributed by atoms with Gasteiger partial charge in [-0.2, -0.15) is 4.98 Å². The van der Waals surface area contributed by atoms with Crippen molar-refractivity contribution in [3.05, 3.63) is 54.6 Å². The van der Waals surface area contributed by atoms with Crippen LogP contribution in [-0.2, 0) is 4.74 Å². The smallest absolute Gasteiger partial charge is 0.247 e. The number of nitrogens with one attached hydrogen (secondary N) is 1. The van der Waals surface area contributed by atoms with Gasteiger partial charge in [0, 0.05) is 12.0 Å². The number of rotatable bonds is 6. The van der Waals surface area contributed by atoms with Crippen molar-refractivity contribution in [3.63, 3.8) is 0 Å². The minimum absolute atomic E-state index is 0.473. The molecule has 0 spiro atoms. The Kier molecular flexibility index (Phi) is 4.30. The lowest BCUT2D eigenvalue weighted by molar-refractivity contribution is -0.0508. The van der Waals surface area contributed by atoms with E-state index < -0.39 is 0 Å². The summed E-state index contributed by atoms with van der Waals surface area (Å²) in [5.74, 6) is 1.71. The molecule has 1 aliphatic heterocycles. The van der Waals surface area contributed by atoms with Gasteiger partial charge in [-0.1, -0.05) is 18.2 Å². The summed E-state index contributed by atoms with van der Waals surface area (Å²) >= 11 is 0. The number of nitrogens with zero attached hydrogens (tertiary/aromatic N) is 4. The molecule has 25 heavy (non-hydrogen) atoms. The molecular formula is C18H19N5O2. The van der Waals surface area contributed by atoms with E-state index in [0.29, 0.717) is 18.5 Å². The monoisotopic (exact) mass is 337 g/mol. The number of pyridine rings is 1. The summed E-state index contributed by atoms with van der Waals surface area (Å²) in [6.07, 6.45) is 3.41. The molecule has 0 unspecified atom stereocenters. The van der Waals surface area contributed by atoms with Crippen LogP contribution in [0.5, 0.6) is 5.75 Å². The van der Waals surface area contributed by atoms with Crippen LogP contribution in [0.15, 0.2) is 48.9 Å². The first-order chi connectivity index (χ1) is 12.3. The maximum Gasteiger partial charge on any atom is 0.247 e. The predicted octanol–water partition coefficient (Wildman–Crippen LogP) is 2.74. The molecule has 0 aliphatic carbocycles. The Bertz CT molecular complexity index is 846. The van der Waals surface area contributed by atoms with Gasteiger partial charge >= 0.3 is 0 Å². The van der Waals surface area contributed by atoms with Crippen molar-refractivity contribution in [2.75, 3.05) is 25.1 Å². The van der Waals surface area contributed by atoms with Gasteiger partial charge in [-0.3, -0.25) is 4.98 Å². The number of aromatic nitrogens is 4. The summed E-state index contributed by atoms with van der Waals surface area (Å²) in [7, 11) is 0. The number of para-hydroxylation sites is 1. The third-order valence-corrected chi connectivity index (χ3v) is 4.01. The molecule has 1 N–H and O–H groups in total. The zero-order chi connectivity index (χ0) is 17.1. The molecule has 3 aromatic rings. The van der Waals surface area contributed by atoms with E-state index in [-0.39, 0.29) is 0 Å².